The van der Waals surface area contributed by atoms with Crippen LogP contribution in [0.5, 0.6) is 0 Å². The quantitative estimate of drug-likeness (QED) is 0.0892. The lowest BCUT2D eigenvalue weighted by Crippen LogP contribution is -2.29. The van der Waals surface area contributed by atoms with Gasteiger partial charge in [-0.1, -0.05) is 119 Å². The highest BCUT2D eigenvalue weighted by Crippen LogP contribution is 2.51. The molecule has 0 saturated carbocycles. The lowest BCUT2D eigenvalue weighted by molar-refractivity contribution is -0.442. The molecule has 4 nitrogen and oxygen atoms in total. The molecule has 0 atom stereocenters. The molecule has 0 fully saturated rings. The second kappa shape index (κ2) is 17.0. The van der Waals surface area contributed by atoms with Crippen LogP contribution in [0.2, 0.25) is 0 Å². The largest absolute Gasteiger partial charge is 0.380 e. The van der Waals surface area contributed by atoms with E-state index in [-0.39, 0.29) is 10.8 Å². The van der Waals surface area contributed by atoms with Gasteiger partial charge in [0.05, 0.1) is 12.0 Å². The summed E-state index contributed by atoms with van der Waals surface area (Å²) in [5.41, 5.74) is 9.99. The Morgan fingerprint density at radius 1 is 0.709 bits per heavy atom. The minimum Gasteiger partial charge on any atom is -0.380 e. The summed E-state index contributed by atoms with van der Waals surface area (Å²) in [6, 6.07) is 26.7. The predicted octanol–water partition coefficient (Wildman–Crippen LogP) is 12.8. The maximum Gasteiger partial charge on any atom is 0.210 e. The van der Waals surface area contributed by atoms with E-state index in [4.69, 9.17) is 21.1 Å². The lowest BCUT2D eigenvalue weighted by atomic mass is 9.78. The molecule has 2 heterocycles. The van der Waals surface area contributed by atoms with Gasteiger partial charge in [-0.3, -0.25) is 0 Å². The van der Waals surface area contributed by atoms with Crippen LogP contribution in [0.25, 0.3) is 21.5 Å². The third-order valence-corrected chi connectivity index (χ3v) is 12.5. The number of anilines is 1. The normalized spacial score (nSPS) is 19.2. The van der Waals surface area contributed by atoms with E-state index in [1.165, 1.54) is 66.6 Å². The van der Waals surface area contributed by atoms with Crippen LogP contribution in [0.15, 0.2) is 119 Å². The molecule has 7 rings (SSSR count). The third-order valence-electron chi connectivity index (χ3n) is 12.1. The molecule has 4 aromatic rings. The Morgan fingerprint density at radius 2 is 1.36 bits per heavy atom. The summed E-state index contributed by atoms with van der Waals surface area (Å²) in [4.78, 5) is 2.49. The van der Waals surface area contributed by atoms with Gasteiger partial charge in [0.2, 0.25) is 5.69 Å². The molecule has 0 spiro atoms. The molecule has 0 amide bonds. The van der Waals surface area contributed by atoms with Crippen molar-refractivity contribution in [3.63, 3.8) is 0 Å². The van der Waals surface area contributed by atoms with Crippen molar-refractivity contribution in [2.24, 2.45) is 0 Å². The van der Waals surface area contributed by atoms with Crippen LogP contribution in [-0.2, 0) is 20.3 Å². The molecule has 2 aliphatic heterocycles. The fraction of sp³-hybridized carbons (Fsp3) is 0.420. The number of halogens is 1. The van der Waals surface area contributed by atoms with Crippen molar-refractivity contribution in [2.75, 3.05) is 44.4 Å². The molecule has 0 aromatic heterocycles. The number of benzene rings is 4. The van der Waals surface area contributed by atoms with Gasteiger partial charge in [-0.2, -0.15) is 4.58 Å². The predicted molar refractivity (Wildman–Crippen MR) is 235 cm³/mol. The standard InChI is InChI=1S/C50H60ClN2O2/c1-7-9-32-54-34-30-52-42-26-22-36-16-11-13-20-40(36)46(42)49(3,4)44(52)28-24-38-18-15-19-39(48(38)51)25-29-45-50(5,6)47-41-21-14-12-17-37(41)23-27-43(47)53(45)31-35-55-33-10-8-2/h11-14,16-17,20-29H,7-10,15,18-19,30-35H2,1-6H3/q+1. The second-order valence-electron chi connectivity index (χ2n) is 16.5. The van der Waals surface area contributed by atoms with Crippen molar-refractivity contribution in [1.29, 1.82) is 0 Å². The van der Waals surface area contributed by atoms with E-state index in [0.29, 0.717) is 13.2 Å². The van der Waals surface area contributed by atoms with Crippen molar-refractivity contribution in [3.8, 4) is 0 Å². The summed E-state index contributed by atoms with van der Waals surface area (Å²) in [6.45, 7) is 18.5. The molecule has 0 radical (unpaired) electrons. The fourth-order valence-electron chi connectivity index (χ4n) is 9.13. The zero-order valence-corrected chi connectivity index (χ0v) is 34.8. The van der Waals surface area contributed by atoms with E-state index < -0.39 is 0 Å². The average molecular weight is 756 g/mol. The van der Waals surface area contributed by atoms with Gasteiger partial charge in [-0.25, -0.2) is 0 Å². The van der Waals surface area contributed by atoms with E-state index in [2.05, 4.69) is 148 Å². The molecule has 288 valence electrons. The van der Waals surface area contributed by atoms with Crippen molar-refractivity contribution in [2.45, 2.75) is 97.3 Å². The highest BCUT2D eigenvalue weighted by Gasteiger charge is 2.45. The molecular formula is C50H60ClN2O2+. The molecule has 5 heteroatoms. The van der Waals surface area contributed by atoms with Gasteiger partial charge in [0.25, 0.3) is 0 Å². The summed E-state index contributed by atoms with van der Waals surface area (Å²) >= 11 is 7.39. The number of hydrogen-bond acceptors (Lipinski definition) is 3. The molecule has 3 aliphatic rings. The van der Waals surface area contributed by atoms with Crippen LogP contribution in [0.4, 0.5) is 11.4 Å². The number of allylic oxidation sites excluding steroid dienone is 8. The summed E-state index contributed by atoms with van der Waals surface area (Å²) < 4.78 is 14.7. The first-order chi connectivity index (χ1) is 26.7. The van der Waals surface area contributed by atoms with E-state index >= 15 is 0 Å². The second-order valence-corrected chi connectivity index (χ2v) is 16.9. The van der Waals surface area contributed by atoms with Crippen LogP contribution in [-0.4, -0.2) is 49.8 Å². The van der Waals surface area contributed by atoms with Crippen LogP contribution in [0, 0.1) is 0 Å². The van der Waals surface area contributed by atoms with Crippen molar-refractivity contribution in [3.05, 3.63) is 130 Å². The highest BCUT2D eigenvalue weighted by atomic mass is 35.5. The van der Waals surface area contributed by atoms with Gasteiger partial charge in [0, 0.05) is 59.3 Å². The van der Waals surface area contributed by atoms with Crippen molar-refractivity contribution >= 4 is 50.2 Å². The van der Waals surface area contributed by atoms with Crippen molar-refractivity contribution in [1.82, 2.24) is 0 Å². The maximum atomic E-state index is 7.39. The Morgan fingerprint density at radius 3 is 2.07 bits per heavy atom. The molecule has 0 unspecified atom stereocenters. The number of ether oxygens (including phenoxy) is 2. The molecule has 1 aliphatic carbocycles. The van der Waals surface area contributed by atoms with Crippen LogP contribution in [0.3, 0.4) is 0 Å². The number of rotatable bonds is 15. The number of fused-ring (bicyclic) bond motifs is 6. The Bertz CT molecular complexity index is 2200. The minimum atomic E-state index is -0.183. The number of unbranched alkanes of at least 4 members (excludes halogenated alkanes) is 2. The lowest BCUT2D eigenvalue weighted by Gasteiger charge is -2.27. The molecule has 0 N–H and O–H groups in total. The highest BCUT2D eigenvalue weighted by molar-refractivity contribution is 6.32. The monoisotopic (exact) mass is 755 g/mol. The van der Waals surface area contributed by atoms with E-state index in [0.717, 1.165) is 76.3 Å². The smallest absolute Gasteiger partial charge is 0.210 e. The summed E-state index contributed by atoms with van der Waals surface area (Å²) in [6.07, 6.45) is 16.8. The first kappa shape index (κ1) is 39.3. The topological polar surface area (TPSA) is 24.7 Å². The Labute approximate surface area is 334 Å². The van der Waals surface area contributed by atoms with E-state index in [9.17, 15) is 0 Å². The zero-order chi connectivity index (χ0) is 38.6. The van der Waals surface area contributed by atoms with E-state index in [1.54, 1.807) is 0 Å². The van der Waals surface area contributed by atoms with Gasteiger partial charge in [0.15, 0.2) is 12.3 Å². The summed E-state index contributed by atoms with van der Waals surface area (Å²) in [5, 5.41) is 6.10. The van der Waals surface area contributed by atoms with Gasteiger partial charge in [0.1, 0.15) is 6.61 Å². The average Bonchev–Trinajstić information content (AvgIpc) is 3.54. The van der Waals surface area contributed by atoms with Gasteiger partial charge in [-0.05, 0) is 102 Å². The zero-order valence-electron chi connectivity index (χ0n) is 34.0. The van der Waals surface area contributed by atoms with Crippen LogP contribution in [0.1, 0.15) is 97.6 Å². The fourth-order valence-corrected chi connectivity index (χ4v) is 9.44. The third kappa shape index (κ3) is 7.75. The SMILES string of the molecule is CCCCOCCN1C(=CC=C2CCCC(C=CC3=[N+](CCOCCCC)c4ccc5ccccc5c4C3(C)C)=C2Cl)C(C)(C)c2c1ccc1ccccc21. The van der Waals surface area contributed by atoms with Gasteiger partial charge >= 0.3 is 0 Å². The number of nitrogens with zero attached hydrogens (tertiary/aromatic N) is 2. The summed E-state index contributed by atoms with van der Waals surface area (Å²) in [5.74, 6) is 0. The van der Waals surface area contributed by atoms with E-state index in [1.807, 2.05) is 0 Å². The molecule has 4 aromatic carbocycles. The first-order valence-corrected chi connectivity index (χ1v) is 21.2. The summed E-state index contributed by atoms with van der Waals surface area (Å²) in [7, 11) is 0. The number of hydrogen-bond donors (Lipinski definition) is 0. The van der Waals surface area contributed by atoms with Crippen molar-refractivity contribution < 1.29 is 14.0 Å². The Hall–Kier alpha value is -3.96. The molecule has 55 heavy (non-hydrogen) atoms. The van der Waals surface area contributed by atoms with Crippen LogP contribution < -0.4 is 4.90 Å². The molecule has 0 saturated heterocycles. The Kier molecular flexibility index (Phi) is 12.2. The van der Waals surface area contributed by atoms with Gasteiger partial charge < -0.3 is 14.4 Å². The van der Waals surface area contributed by atoms with Crippen LogP contribution >= 0.6 is 11.6 Å². The first-order valence-electron chi connectivity index (χ1n) is 20.8. The van der Waals surface area contributed by atoms with Gasteiger partial charge in [-0.15, -0.1) is 0 Å². The minimum absolute atomic E-state index is 0.183. The maximum absolute atomic E-state index is 7.39. The molecule has 0 bridgehead atoms. The molecular weight excluding hydrogens is 696 g/mol. The Balaban J connectivity index is 1.22.